The van der Waals surface area contributed by atoms with E-state index in [1.165, 1.54) is 12.1 Å². The lowest BCUT2D eigenvalue weighted by Crippen LogP contribution is -2.38. The molecule has 0 aliphatic heterocycles. The maximum atomic E-state index is 6.56. The Morgan fingerprint density at radius 1 is 1.19 bits per heavy atom. The molecule has 0 fully saturated rings. The van der Waals surface area contributed by atoms with E-state index < -0.39 is 0 Å². The highest BCUT2D eigenvalue weighted by Gasteiger charge is 2.25. The zero-order chi connectivity index (χ0) is 16.0. The average Bonchev–Trinajstić information content (AvgIpc) is 2.77. The van der Waals surface area contributed by atoms with Crippen LogP contribution in [0.4, 0.5) is 0 Å². The van der Waals surface area contributed by atoms with Gasteiger partial charge in [0.2, 0.25) is 0 Å². The second-order valence-electron chi connectivity index (χ2n) is 6.23. The van der Waals surface area contributed by atoms with Gasteiger partial charge in [0.1, 0.15) is 0 Å². The minimum atomic E-state index is 0.492. The van der Waals surface area contributed by atoms with Crippen molar-refractivity contribution >= 4 is 11.6 Å². The molecule has 3 nitrogen and oxygen atoms in total. The summed E-state index contributed by atoms with van der Waals surface area (Å²) in [5.41, 5.74) is 2.24. The van der Waals surface area contributed by atoms with E-state index in [1.54, 1.807) is 0 Å². The second kappa shape index (κ2) is 8.79. The molecule has 0 bridgehead atoms. The second-order valence-corrected chi connectivity index (χ2v) is 6.61. The summed E-state index contributed by atoms with van der Waals surface area (Å²) in [6.45, 7) is 15.3. The van der Waals surface area contributed by atoms with Crippen LogP contribution in [0.25, 0.3) is 0 Å². The largest absolute Gasteiger partial charge is 0.314 e. The van der Waals surface area contributed by atoms with Gasteiger partial charge >= 0.3 is 0 Å². The number of aromatic nitrogens is 2. The van der Waals surface area contributed by atoms with Gasteiger partial charge in [-0.2, -0.15) is 5.10 Å². The van der Waals surface area contributed by atoms with Crippen molar-refractivity contribution in [3.63, 3.8) is 0 Å². The fourth-order valence-electron chi connectivity index (χ4n) is 2.95. The Morgan fingerprint density at radius 2 is 1.86 bits per heavy atom. The number of halogens is 1. The molecule has 2 atom stereocenters. The maximum absolute atomic E-state index is 6.56. The summed E-state index contributed by atoms with van der Waals surface area (Å²) < 4.78 is 2.09. The molecule has 1 heterocycles. The molecule has 1 rings (SSSR count). The summed E-state index contributed by atoms with van der Waals surface area (Å²) in [6, 6.07) is 0.492. The number of nitrogens with zero attached hydrogens (tertiary/aromatic N) is 2. The van der Waals surface area contributed by atoms with E-state index in [9.17, 15) is 0 Å². The van der Waals surface area contributed by atoms with Crippen LogP contribution in [0.3, 0.4) is 0 Å². The summed E-state index contributed by atoms with van der Waals surface area (Å²) in [7, 11) is 0. The van der Waals surface area contributed by atoms with Gasteiger partial charge in [0, 0.05) is 12.6 Å². The molecule has 0 spiro atoms. The molecule has 122 valence electrons. The molecule has 0 saturated heterocycles. The smallest absolute Gasteiger partial charge is 0.0849 e. The number of nitrogens with one attached hydrogen (secondary N) is 1. The van der Waals surface area contributed by atoms with Crippen molar-refractivity contribution in [2.75, 3.05) is 6.54 Å². The van der Waals surface area contributed by atoms with E-state index >= 15 is 0 Å². The average molecular weight is 314 g/mol. The Bertz CT molecular complexity index is 426. The third-order valence-electron chi connectivity index (χ3n) is 4.34. The van der Waals surface area contributed by atoms with Crippen LogP contribution < -0.4 is 5.32 Å². The number of rotatable bonds is 9. The van der Waals surface area contributed by atoms with E-state index in [2.05, 4.69) is 56.6 Å². The van der Waals surface area contributed by atoms with Crippen LogP contribution in [0.2, 0.25) is 5.02 Å². The first-order valence-corrected chi connectivity index (χ1v) is 8.81. The molecule has 0 aromatic carbocycles. The first-order chi connectivity index (χ1) is 9.96. The van der Waals surface area contributed by atoms with Crippen LogP contribution in [0.15, 0.2) is 0 Å². The van der Waals surface area contributed by atoms with Gasteiger partial charge in [0.05, 0.1) is 16.4 Å². The zero-order valence-corrected chi connectivity index (χ0v) is 15.3. The molecule has 0 saturated carbocycles. The lowest BCUT2D eigenvalue weighted by molar-refractivity contribution is 0.283. The molecule has 0 amide bonds. The van der Waals surface area contributed by atoms with Crippen LogP contribution in [0.1, 0.15) is 59.4 Å². The standard InChI is InChI=1S/C17H32ClN3/c1-7-10-19-13(6)14(12(4)5)11-16-17(18)15(8-2)20-21(16)9-3/h12-14,19H,7-11H2,1-6H3. The van der Waals surface area contributed by atoms with E-state index in [-0.39, 0.29) is 0 Å². The van der Waals surface area contributed by atoms with Gasteiger partial charge in [-0.05, 0) is 51.5 Å². The van der Waals surface area contributed by atoms with Gasteiger partial charge in [-0.15, -0.1) is 0 Å². The van der Waals surface area contributed by atoms with E-state index in [0.29, 0.717) is 17.9 Å². The van der Waals surface area contributed by atoms with Gasteiger partial charge in [-0.1, -0.05) is 39.3 Å². The first kappa shape index (κ1) is 18.5. The molecule has 2 unspecified atom stereocenters. The third kappa shape index (κ3) is 4.72. The Kier molecular flexibility index (Phi) is 7.75. The summed E-state index contributed by atoms with van der Waals surface area (Å²) in [5.74, 6) is 1.19. The van der Waals surface area contributed by atoms with Gasteiger partial charge in [-0.25, -0.2) is 0 Å². The van der Waals surface area contributed by atoms with Crippen molar-refractivity contribution in [3.8, 4) is 0 Å². The number of aryl methyl sites for hydroxylation is 2. The monoisotopic (exact) mass is 313 g/mol. The third-order valence-corrected chi connectivity index (χ3v) is 4.77. The number of hydrogen-bond donors (Lipinski definition) is 1. The Hall–Kier alpha value is -0.540. The van der Waals surface area contributed by atoms with Crippen molar-refractivity contribution in [3.05, 3.63) is 16.4 Å². The van der Waals surface area contributed by atoms with Gasteiger partial charge in [0.15, 0.2) is 0 Å². The van der Waals surface area contributed by atoms with Crippen molar-refractivity contribution in [2.45, 2.75) is 73.4 Å². The summed E-state index contributed by atoms with van der Waals surface area (Å²) in [6.07, 6.45) is 3.06. The van der Waals surface area contributed by atoms with E-state index in [1.807, 2.05) is 0 Å². The Morgan fingerprint density at radius 3 is 2.33 bits per heavy atom. The highest BCUT2D eigenvalue weighted by atomic mass is 35.5. The van der Waals surface area contributed by atoms with Crippen molar-refractivity contribution in [2.24, 2.45) is 11.8 Å². The van der Waals surface area contributed by atoms with E-state index in [4.69, 9.17) is 11.6 Å². The summed E-state index contributed by atoms with van der Waals surface area (Å²) in [5, 5.41) is 9.17. The zero-order valence-electron chi connectivity index (χ0n) is 14.5. The van der Waals surface area contributed by atoms with Crippen LogP contribution in [-0.4, -0.2) is 22.4 Å². The minimum Gasteiger partial charge on any atom is -0.314 e. The molecule has 0 aliphatic carbocycles. The van der Waals surface area contributed by atoms with E-state index in [0.717, 1.165) is 36.6 Å². The van der Waals surface area contributed by atoms with Crippen molar-refractivity contribution in [1.82, 2.24) is 15.1 Å². The van der Waals surface area contributed by atoms with Crippen LogP contribution in [-0.2, 0) is 19.4 Å². The summed E-state index contributed by atoms with van der Waals surface area (Å²) >= 11 is 6.56. The molecule has 1 aromatic heterocycles. The number of hydrogen-bond acceptors (Lipinski definition) is 2. The molecule has 1 aromatic rings. The Balaban J connectivity index is 2.96. The predicted molar refractivity (Wildman–Crippen MR) is 92.1 cm³/mol. The molecule has 0 aliphatic rings. The molecule has 1 N–H and O–H groups in total. The highest BCUT2D eigenvalue weighted by Crippen LogP contribution is 2.28. The quantitative estimate of drug-likeness (QED) is 0.735. The SMILES string of the molecule is CCCNC(C)C(Cc1c(Cl)c(CC)nn1CC)C(C)C. The van der Waals surface area contributed by atoms with Crippen LogP contribution in [0.5, 0.6) is 0 Å². The molecule has 21 heavy (non-hydrogen) atoms. The molecular weight excluding hydrogens is 282 g/mol. The minimum absolute atomic E-state index is 0.492. The first-order valence-electron chi connectivity index (χ1n) is 8.43. The van der Waals surface area contributed by atoms with Crippen LogP contribution in [0, 0.1) is 11.8 Å². The van der Waals surface area contributed by atoms with Crippen molar-refractivity contribution in [1.29, 1.82) is 0 Å². The maximum Gasteiger partial charge on any atom is 0.0849 e. The Labute approximate surface area is 135 Å². The van der Waals surface area contributed by atoms with Gasteiger partial charge < -0.3 is 5.32 Å². The lowest BCUT2D eigenvalue weighted by atomic mass is 9.85. The molecule has 0 radical (unpaired) electrons. The van der Waals surface area contributed by atoms with Crippen LogP contribution >= 0.6 is 11.6 Å². The molecular formula is C17H32ClN3. The van der Waals surface area contributed by atoms with Gasteiger partial charge in [-0.3, -0.25) is 4.68 Å². The predicted octanol–water partition coefficient (Wildman–Crippen LogP) is 4.32. The summed E-state index contributed by atoms with van der Waals surface area (Å²) in [4.78, 5) is 0. The molecule has 4 heteroatoms. The fraction of sp³-hybridized carbons (Fsp3) is 0.824. The van der Waals surface area contributed by atoms with Gasteiger partial charge in [0.25, 0.3) is 0 Å². The lowest BCUT2D eigenvalue weighted by Gasteiger charge is -2.28. The van der Waals surface area contributed by atoms with Crippen molar-refractivity contribution < 1.29 is 0 Å². The fourth-order valence-corrected chi connectivity index (χ4v) is 3.29. The normalized spacial score (nSPS) is 14.7. The topological polar surface area (TPSA) is 29.9 Å². The highest BCUT2D eigenvalue weighted by molar-refractivity contribution is 6.31.